The third kappa shape index (κ3) is 4.79. The van der Waals surface area contributed by atoms with Crippen LogP contribution in [-0.4, -0.2) is 11.1 Å². The van der Waals surface area contributed by atoms with Crippen LogP contribution in [0.5, 0.6) is 0 Å². The molecule has 0 saturated heterocycles. The van der Waals surface area contributed by atoms with Gasteiger partial charge in [0, 0.05) is 0 Å². The second-order valence-corrected chi connectivity index (χ2v) is 5.05. The van der Waals surface area contributed by atoms with Crippen molar-refractivity contribution in [2.24, 2.45) is 0 Å². The number of carbonyl (C=O) groups is 1. The van der Waals surface area contributed by atoms with Crippen LogP contribution in [0, 0.1) is 0 Å². The van der Waals surface area contributed by atoms with Gasteiger partial charge in [-0.1, -0.05) is 39.0 Å². The van der Waals surface area contributed by atoms with Crippen molar-refractivity contribution < 1.29 is 9.90 Å². The average Bonchev–Trinajstić information content (AvgIpc) is 2.72. The topological polar surface area (TPSA) is 37.3 Å². The van der Waals surface area contributed by atoms with Crippen LogP contribution in [0.3, 0.4) is 0 Å². The van der Waals surface area contributed by atoms with Crippen LogP contribution in [0.2, 0.25) is 0 Å². The summed E-state index contributed by atoms with van der Waals surface area (Å²) in [6, 6.07) is 1.80. The molecule has 0 saturated carbocycles. The number of aromatic carboxylic acids is 1. The molecule has 16 heavy (non-hydrogen) atoms. The van der Waals surface area contributed by atoms with E-state index in [4.69, 9.17) is 5.11 Å². The predicted octanol–water partition coefficient (Wildman–Crippen LogP) is 4.35. The number of hydrogen-bond donors (Lipinski definition) is 1. The first-order valence-electron chi connectivity index (χ1n) is 6.04. The summed E-state index contributed by atoms with van der Waals surface area (Å²) in [5.74, 6) is -0.806. The normalized spacial score (nSPS) is 10.6. The Morgan fingerprint density at radius 2 is 1.94 bits per heavy atom. The van der Waals surface area contributed by atoms with Gasteiger partial charge in [0.1, 0.15) is 4.88 Å². The fourth-order valence-corrected chi connectivity index (χ4v) is 2.51. The number of carboxylic acids is 1. The van der Waals surface area contributed by atoms with E-state index in [1.54, 1.807) is 6.07 Å². The molecule has 0 radical (unpaired) electrons. The molecule has 0 bridgehead atoms. The monoisotopic (exact) mass is 240 g/mol. The molecule has 0 spiro atoms. The smallest absolute Gasteiger partial charge is 0.345 e. The van der Waals surface area contributed by atoms with Crippen molar-refractivity contribution >= 4 is 17.3 Å². The zero-order valence-electron chi connectivity index (χ0n) is 9.87. The number of rotatable bonds is 8. The Balaban J connectivity index is 2.14. The zero-order valence-corrected chi connectivity index (χ0v) is 10.7. The summed E-state index contributed by atoms with van der Waals surface area (Å²) in [5, 5.41) is 10.7. The van der Waals surface area contributed by atoms with Gasteiger partial charge in [-0.15, -0.1) is 11.3 Å². The Bertz CT molecular complexity index is 317. The Morgan fingerprint density at radius 1 is 1.25 bits per heavy atom. The van der Waals surface area contributed by atoms with Crippen LogP contribution in [0.1, 0.15) is 60.7 Å². The van der Waals surface area contributed by atoms with Crippen molar-refractivity contribution in [3.8, 4) is 0 Å². The first kappa shape index (κ1) is 13.2. The second-order valence-electron chi connectivity index (χ2n) is 4.14. The number of thiophene rings is 1. The third-order valence-electron chi connectivity index (χ3n) is 2.68. The van der Waals surface area contributed by atoms with E-state index < -0.39 is 5.97 Å². The molecule has 0 aliphatic rings. The molecule has 0 unspecified atom stereocenters. The minimum absolute atomic E-state index is 0.459. The van der Waals surface area contributed by atoms with Crippen molar-refractivity contribution in [3.05, 3.63) is 21.9 Å². The molecular formula is C13H20O2S. The minimum Gasteiger partial charge on any atom is -0.477 e. The summed E-state index contributed by atoms with van der Waals surface area (Å²) in [4.78, 5) is 11.1. The lowest BCUT2D eigenvalue weighted by Crippen LogP contribution is -1.90. The van der Waals surface area contributed by atoms with Crippen molar-refractivity contribution in [1.29, 1.82) is 0 Å². The fourth-order valence-electron chi connectivity index (χ4n) is 1.73. The maximum atomic E-state index is 10.7. The van der Waals surface area contributed by atoms with Crippen LogP contribution in [0.25, 0.3) is 0 Å². The highest BCUT2D eigenvalue weighted by molar-refractivity contribution is 7.12. The molecule has 90 valence electrons. The lowest BCUT2D eigenvalue weighted by atomic mass is 10.1. The Labute approximate surface area is 101 Å². The van der Waals surface area contributed by atoms with Gasteiger partial charge in [0.2, 0.25) is 0 Å². The van der Waals surface area contributed by atoms with Crippen molar-refractivity contribution in [2.45, 2.75) is 51.9 Å². The molecule has 0 amide bonds. The van der Waals surface area contributed by atoms with Gasteiger partial charge < -0.3 is 5.11 Å². The lowest BCUT2D eigenvalue weighted by Gasteiger charge is -1.99. The molecule has 1 heterocycles. The number of carboxylic acid groups (broad SMARTS) is 1. The molecule has 0 aromatic carbocycles. The quantitative estimate of drug-likeness (QED) is 0.686. The predicted molar refractivity (Wildman–Crippen MR) is 68.4 cm³/mol. The summed E-state index contributed by atoms with van der Waals surface area (Å²) >= 11 is 1.33. The van der Waals surface area contributed by atoms with E-state index in [1.165, 1.54) is 55.4 Å². The molecule has 0 atom stereocenters. The molecule has 1 aromatic heterocycles. The van der Waals surface area contributed by atoms with Crippen LogP contribution in [0.4, 0.5) is 0 Å². The van der Waals surface area contributed by atoms with Crippen LogP contribution < -0.4 is 0 Å². The largest absolute Gasteiger partial charge is 0.477 e. The molecule has 0 fully saturated rings. The van der Waals surface area contributed by atoms with Gasteiger partial charge in [0.05, 0.1) is 0 Å². The highest BCUT2D eigenvalue weighted by Gasteiger charge is 2.05. The standard InChI is InChI=1S/C13H20O2S/c1-2-3-4-5-6-7-8-11-9-12(13(14)15)16-10-11/h9-10H,2-8H2,1H3,(H,14,15). The van der Waals surface area contributed by atoms with Crippen molar-refractivity contribution in [2.75, 3.05) is 0 Å². The Kier molecular flexibility index (Phi) is 6.16. The highest BCUT2D eigenvalue weighted by Crippen LogP contribution is 2.17. The van der Waals surface area contributed by atoms with Gasteiger partial charge in [-0.2, -0.15) is 0 Å². The van der Waals surface area contributed by atoms with Crippen LogP contribution in [0.15, 0.2) is 11.4 Å². The van der Waals surface area contributed by atoms with Gasteiger partial charge in [0.25, 0.3) is 0 Å². The Morgan fingerprint density at radius 3 is 2.56 bits per heavy atom. The first-order chi connectivity index (χ1) is 7.74. The second kappa shape index (κ2) is 7.44. The van der Waals surface area contributed by atoms with Crippen molar-refractivity contribution in [1.82, 2.24) is 0 Å². The molecule has 2 nitrogen and oxygen atoms in total. The number of aryl methyl sites for hydroxylation is 1. The summed E-state index contributed by atoms with van der Waals surface area (Å²) < 4.78 is 0. The lowest BCUT2D eigenvalue weighted by molar-refractivity contribution is 0.0702. The molecule has 1 aromatic rings. The third-order valence-corrected chi connectivity index (χ3v) is 3.65. The van der Waals surface area contributed by atoms with Gasteiger partial charge in [0.15, 0.2) is 0 Å². The SMILES string of the molecule is CCCCCCCCc1csc(C(=O)O)c1. The number of unbranched alkanes of at least 4 members (excludes halogenated alkanes) is 5. The molecule has 0 aliphatic carbocycles. The van der Waals surface area contributed by atoms with Gasteiger partial charge >= 0.3 is 5.97 Å². The maximum absolute atomic E-state index is 10.7. The van der Waals surface area contributed by atoms with E-state index in [0.29, 0.717) is 4.88 Å². The van der Waals surface area contributed by atoms with E-state index in [1.807, 2.05) is 5.38 Å². The van der Waals surface area contributed by atoms with E-state index >= 15 is 0 Å². The van der Waals surface area contributed by atoms with Gasteiger partial charge in [-0.05, 0) is 29.9 Å². The molecule has 3 heteroatoms. The molecule has 1 rings (SSSR count). The van der Waals surface area contributed by atoms with Crippen molar-refractivity contribution in [3.63, 3.8) is 0 Å². The molecule has 0 aliphatic heterocycles. The van der Waals surface area contributed by atoms with E-state index in [-0.39, 0.29) is 0 Å². The van der Waals surface area contributed by atoms with Gasteiger partial charge in [-0.25, -0.2) is 4.79 Å². The average molecular weight is 240 g/mol. The zero-order chi connectivity index (χ0) is 11.8. The summed E-state index contributed by atoms with van der Waals surface area (Å²) in [7, 11) is 0. The van der Waals surface area contributed by atoms with Crippen LogP contribution >= 0.6 is 11.3 Å². The van der Waals surface area contributed by atoms with E-state index in [2.05, 4.69) is 6.92 Å². The molecular weight excluding hydrogens is 220 g/mol. The number of hydrogen-bond acceptors (Lipinski definition) is 2. The van der Waals surface area contributed by atoms with Crippen LogP contribution in [-0.2, 0) is 6.42 Å². The Hall–Kier alpha value is -0.830. The summed E-state index contributed by atoms with van der Waals surface area (Å²) in [6.07, 6.45) is 8.73. The van der Waals surface area contributed by atoms with E-state index in [0.717, 1.165) is 6.42 Å². The van der Waals surface area contributed by atoms with Gasteiger partial charge in [-0.3, -0.25) is 0 Å². The fraction of sp³-hybridized carbons (Fsp3) is 0.615. The highest BCUT2D eigenvalue weighted by atomic mass is 32.1. The first-order valence-corrected chi connectivity index (χ1v) is 6.92. The molecule has 1 N–H and O–H groups in total. The minimum atomic E-state index is -0.806. The maximum Gasteiger partial charge on any atom is 0.345 e. The van der Waals surface area contributed by atoms with E-state index in [9.17, 15) is 4.79 Å². The summed E-state index contributed by atoms with van der Waals surface area (Å²) in [5.41, 5.74) is 1.18. The summed E-state index contributed by atoms with van der Waals surface area (Å²) in [6.45, 7) is 2.22.